The number of hydrogen-bond donors (Lipinski definition) is 0. The molecule has 0 aliphatic carbocycles. The summed E-state index contributed by atoms with van der Waals surface area (Å²) in [5.74, 6) is 0.830. The Morgan fingerprint density at radius 1 is 0.750 bits per heavy atom. The molecule has 4 heteroatoms. The molecule has 32 heavy (non-hydrogen) atoms. The fraction of sp³-hybridized carbons (Fsp3) is 0.0714. The number of para-hydroxylation sites is 1. The van der Waals surface area contributed by atoms with Gasteiger partial charge in [0.05, 0.1) is 22.9 Å². The van der Waals surface area contributed by atoms with E-state index in [1.165, 1.54) is 11.1 Å². The van der Waals surface area contributed by atoms with Crippen LogP contribution in [0.15, 0.2) is 107 Å². The number of fused-ring (bicyclic) bond motifs is 1. The summed E-state index contributed by atoms with van der Waals surface area (Å²) in [4.78, 5) is 11.0. The molecule has 5 rings (SSSR count). The van der Waals surface area contributed by atoms with Crippen molar-refractivity contribution in [1.29, 1.82) is 0 Å². The van der Waals surface area contributed by atoms with E-state index in [0.29, 0.717) is 0 Å². The standard InChI is InChI=1S/C28H23N3S/c1-31-26(19-29-24-15-9-10-16-25(24)32-2)30-27-22(20-11-5-3-6-12-20)17-18-23(28(27)31)21-13-7-4-8-14-21/h3-19H,1-2H3. The summed E-state index contributed by atoms with van der Waals surface area (Å²) in [5, 5.41) is 0. The number of aryl methyl sites for hydroxylation is 1. The highest BCUT2D eigenvalue weighted by Crippen LogP contribution is 2.35. The highest BCUT2D eigenvalue weighted by molar-refractivity contribution is 7.98. The third-order valence-corrected chi connectivity index (χ3v) is 6.42. The van der Waals surface area contributed by atoms with Crippen molar-refractivity contribution >= 4 is 34.7 Å². The van der Waals surface area contributed by atoms with Crippen molar-refractivity contribution in [3.8, 4) is 22.3 Å². The van der Waals surface area contributed by atoms with Crippen molar-refractivity contribution < 1.29 is 0 Å². The van der Waals surface area contributed by atoms with Gasteiger partial charge in [0.1, 0.15) is 0 Å². The highest BCUT2D eigenvalue weighted by atomic mass is 32.2. The van der Waals surface area contributed by atoms with Gasteiger partial charge in [-0.1, -0.05) is 84.9 Å². The van der Waals surface area contributed by atoms with E-state index in [4.69, 9.17) is 9.98 Å². The lowest BCUT2D eigenvalue weighted by Crippen LogP contribution is -1.97. The summed E-state index contributed by atoms with van der Waals surface area (Å²) in [6.07, 6.45) is 3.94. The monoisotopic (exact) mass is 433 g/mol. The van der Waals surface area contributed by atoms with E-state index in [-0.39, 0.29) is 0 Å². The van der Waals surface area contributed by atoms with Crippen LogP contribution < -0.4 is 0 Å². The molecule has 4 aromatic carbocycles. The summed E-state index contributed by atoms with van der Waals surface area (Å²) in [7, 11) is 2.07. The maximum Gasteiger partial charge on any atom is 0.152 e. The molecular formula is C28H23N3S. The molecule has 1 aromatic heterocycles. The van der Waals surface area contributed by atoms with Crippen LogP contribution in [-0.4, -0.2) is 22.0 Å². The minimum atomic E-state index is 0.830. The van der Waals surface area contributed by atoms with Crippen LogP contribution in [0, 0.1) is 0 Å². The number of thioether (sulfide) groups is 1. The zero-order valence-electron chi connectivity index (χ0n) is 18.1. The summed E-state index contributed by atoms with van der Waals surface area (Å²) in [6.45, 7) is 0. The fourth-order valence-electron chi connectivity index (χ4n) is 4.02. The second-order valence-corrected chi connectivity index (χ2v) is 8.40. The Bertz CT molecular complexity index is 1400. The van der Waals surface area contributed by atoms with E-state index in [1.807, 2.05) is 36.5 Å². The van der Waals surface area contributed by atoms with Crippen LogP contribution in [0.2, 0.25) is 0 Å². The van der Waals surface area contributed by atoms with Gasteiger partial charge in [0, 0.05) is 23.1 Å². The molecule has 0 N–H and O–H groups in total. The summed E-state index contributed by atoms with van der Waals surface area (Å²) in [5.41, 5.74) is 7.68. The average molecular weight is 434 g/mol. The maximum absolute atomic E-state index is 5.05. The molecule has 0 radical (unpaired) electrons. The highest BCUT2D eigenvalue weighted by Gasteiger charge is 2.16. The van der Waals surface area contributed by atoms with Gasteiger partial charge in [-0.25, -0.2) is 4.98 Å². The predicted octanol–water partition coefficient (Wildman–Crippen LogP) is 7.38. The van der Waals surface area contributed by atoms with Gasteiger partial charge in [-0.3, -0.25) is 4.99 Å². The topological polar surface area (TPSA) is 30.2 Å². The number of nitrogens with zero attached hydrogens (tertiary/aromatic N) is 3. The van der Waals surface area contributed by atoms with Crippen molar-refractivity contribution in [2.75, 3.05) is 6.26 Å². The molecular weight excluding hydrogens is 410 g/mol. The summed E-state index contributed by atoms with van der Waals surface area (Å²) < 4.78 is 2.15. The zero-order valence-corrected chi connectivity index (χ0v) is 18.9. The van der Waals surface area contributed by atoms with E-state index in [9.17, 15) is 0 Å². The molecule has 0 aliphatic heterocycles. The molecule has 5 aromatic rings. The predicted molar refractivity (Wildman–Crippen MR) is 137 cm³/mol. The Kier molecular flexibility index (Phi) is 5.61. The van der Waals surface area contributed by atoms with Crippen LogP contribution in [0.25, 0.3) is 33.3 Å². The second kappa shape index (κ2) is 8.85. The normalized spacial score (nSPS) is 11.4. The number of benzene rings is 4. The van der Waals surface area contributed by atoms with E-state index in [0.717, 1.165) is 38.6 Å². The summed E-state index contributed by atoms with van der Waals surface area (Å²) >= 11 is 1.70. The molecule has 0 saturated heterocycles. The molecule has 0 spiro atoms. The van der Waals surface area contributed by atoms with Gasteiger partial charge in [0.15, 0.2) is 5.82 Å². The molecule has 0 saturated carbocycles. The largest absolute Gasteiger partial charge is 0.326 e. The van der Waals surface area contributed by atoms with Crippen LogP contribution in [-0.2, 0) is 7.05 Å². The first kappa shape index (κ1) is 20.3. The first-order valence-corrected chi connectivity index (χ1v) is 11.8. The minimum absolute atomic E-state index is 0.830. The van der Waals surface area contributed by atoms with Crippen molar-refractivity contribution in [3.05, 3.63) is 103 Å². The second-order valence-electron chi connectivity index (χ2n) is 7.55. The van der Waals surface area contributed by atoms with Gasteiger partial charge in [-0.05, 0) is 29.5 Å². The molecule has 156 valence electrons. The van der Waals surface area contributed by atoms with Crippen molar-refractivity contribution in [2.45, 2.75) is 4.90 Å². The number of imidazole rings is 1. The lowest BCUT2D eigenvalue weighted by atomic mass is 9.98. The smallest absolute Gasteiger partial charge is 0.152 e. The van der Waals surface area contributed by atoms with Crippen LogP contribution in [0.3, 0.4) is 0 Å². The van der Waals surface area contributed by atoms with E-state index >= 15 is 0 Å². The number of aliphatic imine (C=N–C) groups is 1. The molecule has 1 heterocycles. The Labute approximate surface area is 192 Å². The Hall–Kier alpha value is -3.63. The average Bonchev–Trinajstić information content (AvgIpc) is 3.19. The fourth-order valence-corrected chi connectivity index (χ4v) is 4.56. The van der Waals surface area contributed by atoms with Crippen LogP contribution in [0.1, 0.15) is 5.82 Å². The molecule has 0 unspecified atom stereocenters. The Morgan fingerprint density at radius 2 is 1.34 bits per heavy atom. The van der Waals surface area contributed by atoms with Crippen LogP contribution in [0.4, 0.5) is 5.69 Å². The minimum Gasteiger partial charge on any atom is -0.326 e. The van der Waals surface area contributed by atoms with E-state index in [2.05, 4.69) is 84.6 Å². The Morgan fingerprint density at radius 3 is 2.03 bits per heavy atom. The SMILES string of the molecule is CSc1ccccc1N=Cc1nc2c(-c3ccccc3)ccc(-c3ccccc3)c2n1C. The molecule has 0 amide bonds. The van der Waals surface area contributed by atoms with Crippen LogP contribution in [0.5, 0.6) is 0 Å². The van der Waals surface area contributed by atoms with E-state index < -0.39 is 0 Å². The van der Waals surface area contributed by atoms with E-state index in [1.54, 1.807) is 11.8 Å². The lowest BCUT2D eigenvalue weighted by molar-refractivity contribution is 0.935. The van der Waals surface area contributed by atoms with Gasteiger partial charge in [0.25, 0.3) is 0 Å². The van der Waals surface area contributed by atoms with Gasteiger partial charge in [0.2, 0.25) is 0 Å². The Balaban J connectivity index is 1.72. The van der Waals surface area contributed by atoms with Crippen molar-refractivity contribution in [2.24, 2.45) is 12.0 Å². The van der Waals surface area contributed by atoms with Crippen LogP contribution >= 0.6 is 11.8 Å². The third kappa shape index (κ3) is 3.74. The number of rotatable bonds is 5. The van der Waals surface area contributed by atoms with Gasteiger partial charge >= 0.3 is 0 Å². The first-order valence-electron chi connectivity index (χ1n) is 10.5. The third-order valence-electron chi connectivity index (χ3n) is 5.63. The molecule has 0 bridgehead atoms. The maximum atomic E-state index is 5.05. The summed E-state index contributed by atoms with van der Waals surface area (Å²) in [6, 6.07) is 33.5. The molecule has 3 nitrogen and oxygen atoms in total. The molecule has 0 aliphatic rings. The van der Waals surface area contributed by atoms with Gasteiger partial charge < -0.3 is 4.57 Å². The quantitative estimate of drug-likeness (QED) is 0.214. The van der Waals surface area contributed by atoms with Gasteiger partial charge in [-0.2, -0.15) is 0 Å². The molecule has 0 fully saturated rings. The lowest BCUT2D eigenvalue weighted by Gasteiger charge is -2.10. The van der Waals surface area contributed by atoms with Gasteiger partial charge in [-0.15, -0.1) is 11.8 Å². The zero-order chi connectivity index (χ0) is 21.9. The first-order chi connectivity index (χ1) is 15.8. The number of aromatic nitrogens is 2. The van der Waals surface area contributed by atoms with Crippen molar-refractivity contribution in [3.63, 3.8) is 0 Å². The van der Waals surface area contributed by atoms with Crippen molar-refractivity contribution in [1.82, 2.24) is 9.55 Å². The number of hydrogen-bond acceptors (Lipinski definition) is 3. The molecule has 0 atom stereocenters.